The van der Waals surface area contributed by atoms with Crippen molar-refractivity contribution >= 4 is 15.9 Å². The third kappa shape index (κ3) is 4.59. The Balaban J connectivity index is 1.79. The second-order valence-corrected chi connectivity index (χ2v) is 5.46. The van der Waals surface area contributed by atoms with E-state index in [-0.39, 0.29) is 0 Å². The molecule has 1 fully saturated rings. The van der Waals surface area contributed by atoms with Gasteiger partial charge >= 0.3 is 0 Å². The number of hydrogen-bond acceptors (Lipinski definition) is 3. The van der Waals surface area contributed by atoms with E-state index in [1.165, 1.54) is 18.4 Å². The lowest BCUT2D eigenvalue weighted by atomic mass is 10.2. The molecule has 0 bridgehead atoms. The van der Waals surface area contributed by atoms with Crippen LogP contribution in [0.5, 0.6) is 5.75 Å². The van der Waals surface area contributed by atoms with Crippen LogP contribution in [-0.4, -0.2) is 19.9 Å². The van der Waals surface area contributed by atoms with Gasteiger partial charge in [0, 0.05) is 11.0 Å². The van der Waals surface area contributed by atoms with Gasteiger partial charge in [0.05, 0.1) is 6.61 Å². The third-order valence-electron chi connectivity index (χ3n) is 2.94. The normalized spacial score (nSPS) is 14.8. The maximum atomic E-state index is 5.59. The molecule has 4 heteroatoms. The summed E-state index contributed by atoms with van der Waals surface area (Å²) in [6.45, 7) is 5.08. The number of rotatable bonds is 8. The number of benzene rings is 1. The van der Waals surface area contributed by atoms with Gasteiger partial charge in [0.15, 0.2) is 6.79 Å². The molecule has 0 aromatic heterocycles. The van der Waals surface area contributed by atoms with Crippen LogP contribution in [0.1, 0.15) is 25.3 Å². The van der Waals surface area contributed by atoms with Crippen LogP contribution in [0.4, 0.5) is 0 Å². The Morgan fingerprint density at radius 3 is 2.94 bits per heavy atom. The van der Waals surface area contributed by atoms with E-state index < -0.39 is 0 Å². The Hall–Kier alpha value is -0.580. The fourth-order valence-corrected chi connectivity index (χ4v) is 2.03. The second-order valence-electron chi connectivity index (χ2n) is 4.61. The van der Waals surface area contributed by atoms with Gasteiger partial charge in [-0.25, -0.2) is 0 Å². The van der Waals surface area contributed by atoms with Crippen molar-refractivity contribution in [3.05, 3.63) is 28.2 Å². The first kappa shape index (κ1) is 13.8. The van der Waals surface area contributed by atoms with Gasteiger partial charge < -0.3 is 14.8 Å². The number of nitrogens with one attached hydrogen (secondary N) is 1. The highest BCUT2D eigenvalue weighted by atomic mass is 79.9. The average Bonchev–Trinajstić information content (AvgIpc) is 3.19. The van der Waals surface area contributed by atoms with E-state index >= 15 is 0 Å². The van der Waals surface area contributed by atoms with Crippen molar-refractivity contribution in [1.82, 2.24) is 5.32 Å². The van der Waals surface area contributed by atoms with Crippen LogP contribution in [0.3, 0.4) is 0 Å². The first-order chi connectivity index (χ1) is 8.79. The van der Waals surface area contributed by atoms with Crippen LogP contribution in [0.15, 0.2) is 22.7 Å². The molecule has 1 aromatic rings. The molecule has 0 saturated heterocycles. The first-order valence-electron chi connectivity index (χ1n) is 6.49. The van der Waals surface area contributed by atoms with E-state index in [0.717, 1.165) is 35.8 Å². The first-order valence-corrected chi connectivity index (χ1v) is 7.28. The molecule has 0 spiro atoms. The summed E-state index contributed by atoms with van der Waals surface area (Å²) in [4.78, 5) is 0. The maximum Gasteiger partial charge on any atom is 0.189 e. The predicted molar refractivity (Wildman–Crippen MR) is 75.7 cm³/mol. The minimum atomic E-state index is 0.346. The summed E-state index contributed by atoms with van der Waals surface area (Å²) in [6, 6.07) is 6.02. The summed E-state index contributed by atoms with van der Waals surface area (Å²) < 4.78 is 12.2. The zero-order chi connectivity index (χ0) is 12.8. The average molecular weight is 314 g/mol. The van der Waals surface area contributed by atoms with E-state index in [9.17, 15) is 0 Å². The topological polar surface area (TPSA) is 30.5 Å². The van der Waals surface area contributed by atoms with Crippen LogP contribution in [0, 0.1) is 5.92 Å². The smallest absolute Gasteiger partial charge is 0.189 e. The minimum absolute atomic E-state index is 0.346. The zero-order valence-corrected chi connectivity index (χ0v) is 12.3. The van der Waals surface area contributed by atoms with Crippen LogP contribution < -0.4 is 10.1 Å². The maximum absolute atomic E-state index is 5.59. The number of hydrogen-bond donors (Lipinski definition) is 1. The fraction of sp³-hybridized carbons (Fsp3) is 0.571. The van der Waals surface area contributed by atoms with E-state index in [2.05, 4.69) is 28.2 Å². The quantitative estimate of drug-likeness (QED) is 0.590. The summed E-state index contributed by atoms with van der Waals surface area (Å²) in [5.74, 6) is 1.64. The highest BCUT2D eigenvalue weighted by Gasteiger charge is 2.21. The van der Waals surface area contributed by atoms with E-state index in [0.29, 0.717) is 6.79 Å². The molecule has 0 aliphatic heterocycles. The molecule has 1 aliphatic carbocycles. The second kappa shape index (κ2) is 7.12. The van der Waals surface area contributed by atoms with Gasteiger partial charge in [-0.05, 0) is 49.1 Å². The summed E-state index contributed by atoms with van der Waals surface area (Å²) in [5, 5.41) is 3.31. The number of ether oxygens (including phenoxy) is 2. The van der Waals surface area contributed by atoms with Gasteiger partial charge in [-0.2, -0.15) is 0 Å². The van der Waals surface area contributed by atoms with Crippen molar-refractivity contribution in [3.63, 3.8) is 0 Å². The summed E-state index contributed by atoms with van der Waals surface area (Å²) in [5.41, 5.74) is 1.21. The lowest BCUT2D eigenvalue weighted by molar-refractivity contribution is 0.00993. The molecule has 100 valence electrons. The molecule has 2 rings (SSSR count). The van der Waals surface area contributed by atoms with Crippen molar-refractivity contribution in [3.8, 4) is 5.75 Å². The highest BCUT2D eigenvalue weighted by molar-refractivity contribution is 9.10. The minimum Gasteiger partial charge on any atom is -0.468 e. The van der Waals surface area contributed by atoms with Crippen LogP contribution in [0.25, 0.3) is 0 Å². The van der Waals surface area contributed by atoms with Crippen LogP contribution in [0.2, 0.25) is 0 Å². The zero-order valence-electron chi connectivity index (χ0n) is 10.7. The molecular weight excluding hydrogens is 294 g/mol. The van der Waals surface area contributed by atoms with Gasteiger partial charge in [-0.3, -0.25) is 0 Å². The van der Waals surface area contributed by atoms with E-state index in [1.54, 1.807) is 0 Å². The van der Waals surface area contributed by atoms with Crippen molar-refractivity contribution in [2.24, 2.45) is 5.92 Å². The molecular formula is C14H20BrNO2. The van der Waals surface area contributed by atoms with Gasteiger partial charge in [-0.15, -0.1) is 0 Å². The lowest BCUT2D eigenvalue weighted by Crippen LogP contribution is -2.12. The SMILES string of the molecule is CCNCc1cc(OCOCC2CC2)ccc1Br. The van der Waals surface area contributed by atoms with Gasteiger partial charge in [0.1, 0.15) is 5.75 Å². The molecule has 1 aromatic carbocycles. The summed E-state index contributed by atoms with van der Waals surface area (Å²) in [6.07, 6.45) is 2.62. The molecule has 0 atom stereocenters. The van der Waals surface area contributed by atoms with Gasteiger partial charge in [-0.1, -0.05) is 22.9 Å². The third-order valence-corrected chi connectivity index (χ3v) is 3.72. The Bertz CT molecular complexity index is 380. The molecule has 0 heterocycles. The predicted octanol–water partition coefficient (Wildman–Crippen LogP) is 3.32. The van der Waals surface area contributed by atoms with Crippen molar-refractivity contribution in [1.29, 1.82) is 0 Å². The summed E-state index contributed by atoms with van der Waals surface area (Å²) in [7, 11) is 0. The number of halogens is 1. The Labute approximate surface area is 117 Å². The molecule has 0 unspecified atom stereocenters. The van der Waals surface area contributed by atoms with Crippen molar-refractivity contribution in [2.45, 2.75) is 26.3 Å². The molecule has 18 heavy (non-hydrogen) atoms. The molecule has 1 saturated carbocycles. The molecule has 3 nitrogen and oxygen atoms in total. The Kier molecular flexibility index (Phi) is 5.47. The molecule has 0 amide bonds. The Morgan fingerprint density at radius 2 is 2.22 bits per heavy atom. The molecule has 1 aliphatic rings. The summed E-state index contributed by atoms with van der Waals surface area (Å²) >= 11 is 3.54. The van der Waals surface area contributed by atoms with Gasteiger partial charge in [0.2, 0.25) is 0 Å². The van der Waals surface area contributed by atoms with E-state index in [4.69, 9.17) is 9.47 Å². The van der Waals surface area contributed by atoms with Crippen molar-refractivity contribution in [2.75, 3.05) is 19.9 Å². The standard InChI is InChI=1S/C14H20BrNO2/c1-2-16-8-12-7-13(5-6-14(12)15)18-10-17-9-11-3-4-11/h5-7,11,16H,2-4,8-10H2,1H3. The monoisotopic (exact) mass is 313 g/mol. The van der Waals surface area contributed by atoms with Crippen molar-refractivity contribution < 1.29 is 9.47 Å². The highest BCUT2D eigenvalue weighted by Crippen LogP contribution is 2.29. The molecule has 0 radical (unpaired) electrons. The fourth-order valence-electron chi connectivity index (χ4n) is 1.65. The Morgan fingerprint density at radius 1 is 1.39 bits per heavy atom. The van der Waals surface area contributed by atoms with E-state index in [1.807, 2.05) is 18.2 Å². The lowest BCUT2D eigenvalue weighted by Gasteiger charge is -2.10. The van der Waals surface area contributed by atoms with Gasteiger partial charge in [0.25, 0.3) is 0 Å². The van der Waals surface area contributed by atoms with Crippen LogP contribution >= 0.6 is 15.9 Å². The van der Waals surface area contributed by atoms with Crippen LogP contribution in [-0.2, 0) is 11.3 Å². The largest absolute Gasteiger partial charge is 0.468 e. The molecule has 1 N–H and O–H groups in total.